The average molecular weight is 559 g/mol. The molecule has 38 heavy (non-hydrogen) atoms. The van der Waals surface area contributed by atoms with Crippen LogP contribution < -0.4 is 19.1 Å². The molecular formula is C25H27ClN6O5S. The number of benzene rings is 2. The Morgan fingerprint density at radius 3 is 2.39 bits per heavy atom. The number of hydrogen-bond donors (Lipinski definition) is 0. The Balaban J connectivity index is 1.52. The number of sulfonamides is 1. The predicted molar refractivity (Wildman–Crippen MR) is 143 cm³/mol. The molecule has 0 atom stereocenters. The SMILES string of the molecule is COc1ccc(-c2cnc3ncnn3c2N2CCCN(S(=O)(=O)c3cc(Cl)ccc3OC)CC2)cc1OC. The van der Waals surface area contributed by atoms with Crippen LogP contribution in [0.1, 0.15) is 6.42 Å². The molecule has 0 spiro atoms. The quantitative estimate of drug-likeness (QED) is 0.337. The summed E-state index contributed by atoms with van der Waals surface area (Å²) in [5.74, 6) is 2.66. The molecule has 3 heterocycles. The number of nitrogens with zero attached hydrogens (tertiary/aromatic N) is 6. The van der Waals surface area contributed by atoms with Crippen LogP contribution in [0, 0.1) is 0 Å². The number of aromatic nitrogens is 4. The van der Waals surface area contributed by atoms with E-state index in [4.69, 9.17) is 25.8 Å². The standard InChI is InChI=1S/C25H27ClN6O5S/c1-35-20-7-5-17(13-22(20)37-3)19-15-27-25-28-16-29-32(25)24(19)30-9-4-10-31(12-11-30)38(33,34)23-14-18(26)6-8-21(23)36-2/h5-8,13-16H,4,9-12H2,1-3H3. The first-order chi connectivity index (χ1) is 18.4. The van der Waals surface area contributed by atoms with Crippen molar-refractivity contribution in [3.63, 3.8) is 0 Å². The van der Waals surface area contributed by atoms with E-state index in [9.17, 15) is 8.42 Å². The topological polar surface area (TPSA) is 111 Å². The second kappa shape index (κ2) is 10.6. The first-order valence-electron chi connectivity index (χ1n) is 11.9. The van der Waals surface area contributed by atoms with Crippen LogP contribution in [0.5, 0.6) is 17.2 Å². The zero-order chi connectivity index (χ0) is 26.9. The monoisotopic (exact) mass is 558 g/mol. The Bertz CT molecular complexity index is 1580. The van der Waals surface area contributed by atoms with Crippen molar-refractivity contribution in [1.82, 2.24) is 23.9 Å². The molecule has 200 valence electrons. The van der Waals surface area contributed by atoms with Gasteiger partial charge < -0.3 is 19.1 Å². The second-order valence-corrected chi connectivity index (χ2v) is 10.9. The lowest BCUT2D eigenvalue weighted by atomic mass is 10.1. The van der Waals surface area contributed by atoms with E-state index >= 15 is 0 Å². The third-order valence-electron chi connectivity index (χ3n) is 6.47. The molecule has 11 nitrogen and oxygen atoms in total. The lowest BCUT2D eigenvalue weighted by Crippen LogP contribution is -2.36. The van der Waals surface area contributed by atoms with Crippen molar-refractivity contribution >= 4 is 33.2 Å². The maximum absolute atomic E-state index is 13.6. The maximum Gasteiger partial charge on any atom is 0.254 e. The molecule has 0 aliphatic carbocycles. The van der Waals surface area contributed by atoms with Crippen molar-refractivity contribution in [3.8, 4) is 28.4 Å². The van der Waals surface area contributed by atoms with Gasteiger partial charge in [-0.25, -0.2) is 13.4 Å². The van der Waals surface area contributed by atoms with E-state index in [-0.39, 0.29) is 17.2 Å². The molecule has 0 amide bonds. The van der Waals surface area contributed by atoms with E-state index in [1.807, 2.05) is 18.2 Å². The zero-order valence-corrected chi connectivity index (χ0v) is 22.7. The third kappa shape index (κ3) is 4.70. The number of hydrogen-bond acceptors (Lipinski definition) is 9. The van der Waals surface area contributed by atoms with E-state index in [1.165, 1.54) is 23.8 Å². The van der Waals surface area contributed by atoms with Gasteiger partial charge in [0.2, 0.25) is 10.0 Å². The van der Waals surface area contributed by atoms with Crippen LogP contribution in [-0.4, -0.2) is 79.8 Å². The normalized spacial score (nSPS) is 14.9. The van der Waals surface area contributed by atoms with Crippen molar-refractivity contribution in [2.75, 3.05) is 52.4 Å². The highest BCUT2D eigenvalue weighted by atomic mass is 35.5. The van der Waals surface area contributed by atoms with Gasteiger partial charge in [0, 0.05) is 43.0 Å². The molecule has 0 saturated carbocycles. The van der Waals surface area contributed by atoms with Gasteiger partial charge in [0.1, 0.15) is 22.8 Å². The molecule has 2 aromatic heterocycles. The molecule has 1 aliphatic rings. The second-order valence-electron chi connectivity index (χ2n) is 8.58. The van der Waals surface area contributed by atoms with Crippen molar-refractivity contribution < 1.29 is 22.6 Å². The summed E-state index contributed by atoms with van der Waals surface area (Å²) in [5, 5.41) is 4.74. The van der Waals surface area contributed by atoms with Crippen LogP contribution in [-0.2, 0) is 10.0 Å². The van der Waals surface area contributed by atoms with Crippen molar-refractivity contribution in [1.29, 1.82) is 0 Å². The molecule has 1 saturated heterocycles. The van der Waals surface area contributed by atoms with Crippen LogP contribution >= 0.6 is 11.6 Å². The summed E-state index contributed by atoms with van der Waals surface area (Å²) in [6, 6.07) is 10.2. The van der Waals surface area contributed by atoms with E-state index in [0.29, 0.717) is 48.4 Å². The first-order valence-corrected chi connectivity index (χ1v) is 13.7. The summed E-state index contributed by atoms with van der Waals surface area (Å²) >= 11 is 6.13. The highest BCUT2D eigenvalue weighted by Crippen LogP contribution is 2.37. The summed E-state index contributed by atoms with van der Waals surface area (Å²) in [7, 11) is 0.761. The molecule has 13 heteroatoms. The smallest absolute Gasteiger partial charge is 0.254 e. The Kier molecular flexibility index (Phi) is 7.28. The van der Waals surface area contributed by atoms with Gasteiger partial charge in [-0.3, -0.25) is 0 Å². The van der Waals surface area contributed by atoms with Gasteiger partial charge in [-0.2, -0.15) is 18.9 Å². The van der Waals surface area contributed by atoms with Crippen LogP contribution in [0.2, 0.25) is 5.02 Å². The minimum absolute atomic E-state index is 0.0505. The lowest BCUT2D eigenvalue weighted by Gasteiger charge is -2.26. The first kappa shape index (κ1) is 26.0. The van der Waals surface area contributed by atoms with Gasteiger partial charge in [0.15, 0.2) is 11.5 Å². The fraction of sp³-hybridized carbons (Fsp3) is 0.320. The molecule has 0 bridgehead atoms. The fourth-order valence-electron chi connectivity index (χ4n) is 4.62. The van der Waals surface area contributed by atoms with E-state index in [0.717, 1.165) is 16.9 Å². The highest BCUT2D eigenvalue weighted by molar-refractivity contribution is 7.89. The summed E-state index contributed by atoms with van der Waals surface area (Å²) in [4.78, 5) is 10.9. The van der Waals surface area contributed by atoms with Gasteiger partial charge >= 0.3 is 0 Å². The summed E-state index contributed by atoms with van der Waals surface area (Å²) in [5.41, 5.74) is 1.65. The third-order valence-corrected chi connectivity index (χ3v) is 8.63. The summed E-state index contributed by atoms with van der Waals surface area (Å²) in [6.45, 7) is 1.60. The van der Waals surface area contributed by atoms with Crippen molar-refractivity contribution in [3.05, 3.63) is 53.9 Å². The minimum Gasteiger partial charge on any atom is -0.495 e. The van der Waals surface area contributed by atoms with Crippen LogP contribution in [0.3, 0.4) is 0 Å². The molecular weight excluding hydrogens is 532 g/mol. The molecule has 1 fully saturated rings. The van der Waals surface area contributed by atoms with E-state index in [1.54, 1.807) is 37.1 Å². The molecule has 0 radical (unpaired) electrons. The largest absolute Gasteiger partial charge is 0.495 e. The van der Waals surface area contributed by atoms with Crippen LogP contribution in [0.15, 0.2) is 53.8 Å². The Hall–Kier alpha value is -3.61. The van der Waals surface area contributed by atoms with Gasteiger partial charge in [-0.15, -0.1) is 0 Å². The Labute approximate surface area is 225 Å². The fourth-order valence-corrected chi connectivity index (χ4v) is 6.50. The molecule has 0 unspecified atom stereocenters. The van der Waals surface area contributed by atoms with Gasteiger partial charge in [0.05, 0.1) is 21.3 Å². The number of anilines is 1. The molecule has 2 aromatic carbocycles. The molecule has 1 aliphatic heterocycles. The minimum atomic E-state index is -3.85. The summed E-state index contributed by atoms with van der Waals surface area (Å²) in [6.07, 6.45) is 3.78. The van der Waals surface area contributed by atoms with Gasteiger partial charge in [0.25, 0.3) is 5.78 Å². The predicted octanol–water partition coefficient (Wildman–Crippen LogP) is 3.37. The number of ether oxygens (including phenoxy) is 3. The Morgan fingerprint density at radius 2 is 1.63 bits per heavy atom. The maximum atomic E-state index is 13.6. The number of halogens is 1. The van der Waals surface area contributed by atoms with Crippen molar-refractivity contribution in [2.24, 2.45) is 0 Å². The zero-order valence-electron chi connectivity index (χ0n) is 21.2. The average Bonchev–Trinajstić information content (AvgIpc) is 3.28. The van der Waals surface area contributed by atoms with Gasteiger partial charge in [-0.05, 0) is 42.3 Å². The molecule has 4 aromatic rings. The number of rotatable bonds is 7. The number of methoxy groups -OCH3 is 3. The Morgan fingerprint density at radius 1 is 0.868 bits per heavy atom. The number of fused-ring (bicyclic) bond motifs is 1. The van der Waals surface area contributed by atoms with Gasteiger partial charge in [-0.1, -0.05) is 17.7 Å². The van der Waals surface area contributed by atoms with E-state index in [2.05, 4.69) is 20.0 Å². The van der Waals surface area contributed by atoms with Crippen LogP contribution in [0.25, 0.3) is 16.9 Å². The van der Waals surface area contributed by atoms with Crippen molar-refractivity contribution in [2.45, 2.75) is 11.3 Å². The van der Waals surface area contributed by atoms with E-state index < -0.39 is 10.0 Å². The summed E-state index contributed by atoms with van der Waals surface area (Å²) < 4.78 is 46.6. The molecule has 5 rings (SSSR count). The highest BCUT2D eigenvalue weighted by Gasteiger charge is 2.31. The lowest BCUT2D eigenvalue weighted by molar-refractivity contribution is 0.355. The molecule has 0 N–H and O–H groups in total. The van der Waals surface area contributed by atoms with Crippen LogP contribution in [0.4, 0.5) is 5.82 Å².